The largest absolute Gasteiger partial charge is 0.492 e. The van der Waals surface area contributed by atoms with Crippen LogP contribution in [-0.2, 0) is 0 Å². The third-order valence-electron chi connectivity index (χ3n) is 3.60. The molecule has 20 heavy (non-hydrogen) atoms. The predicted molar refractivity (Wildman–Crippen MR) is 77.8 cm³/mol. The molecule has 0 aliphatic heterocycles. The van der Waals surface area contributed by atoms with Crippen molar-refractivity contribution in [1.29, 1.82) is 0 Å². The first-order valence-electron chi connectivity index (χ1n) is 7.11. The van der Waals surface area contributed by atoms with Crippen molar-refractivity contribution in [1.82, 2.24) is 5.32 Å². The Morgan fingerprint density at radius 2 is 2.10 bits per heavy atom. The lowest BCUT2D eigenvalue weighted by molar-refractivity contribution is 0.0867. The topological polar surface area (TPSA) is 84.6 Å². The number of amides is 1. The highest BCUT2D eigenvalue weighted by Crippen LogP contribution is 2.23. The number of carbonyl (C=O) groups is 1. The minimum atomic E-state index is -0.218. The Hall–Kier alpha value is -1.75. The summed E-state index contributed by atoms with van der Waals surface area (Å²) in [5, 5.41) is 12.4. The molecule has 1 amide bonds. The molecule has 0 bridgehead atoms. The first-order chi connectivity index (χ1) is 9.60. The number of hydrogen-bond donors (Lipinski definition) is 3. The van der Waals surface area contributed by atoms with Crippen LogP contribution in [-0.4, -0.2) is 29.8 Å². The second-order valence-corrected chi connectivity index (χ2v) is 5.16. The molecule has 0 radical (unpaired) electrons. The first-order valence-corrected chi connectivity index (χ1v) is 7.11. The summed E-state index contributed by atoms with van der Waals surface area (Å²) < 4.78 is 5.35. The van der Waals surface area contributed by atoms with Gasteiger partial charge in [0.15, 0.2) is 0 Å². The SMILES string of the molecule is CCOc1ccc(C(=O)NC2CCC(O)CC2)cc1N. The zero-order valence-corrected chi connectivity index (χ0v) is 11.8. The van der Waals surface area contributed by atoms with Crippen LogP contribution in [0.3, 0.4) is 0 Å². The van der Waals surface area contributed by atoms with E-state index in [2.05, 4.69) is 5.32 Å². The van der Waals surface area contributed by atoms with Gasteiger partial charge in [-0.1, -0.05) is 0 Å². The zero-order chi connectivity index (χ0) is 14.5. The van der Waals surface area contributed by atoms with Gasteiger partial charge in [-0.3, -0.25) is 4.79 Å². The van der Waals surface area contributed by atoms with E-state index < -0.39 is 0 Å². The van der Waals surface area contributed by atoms with Gasteiger partial charge in [-0.05, 0) is 50.8 Å². The molecule has 2 rings (SSSR count). The summed E-state index contributed by atoms with van der Waals surface area (Å²) >= 11 is 0. The number of ether oxygens (including phenoxy) is 1. The van der Waals surface area contributed by atoms with Gasteiger partial charge in [0.1, 0.15) is 5.75 Å². The molecule has 1 fully saturated rings. The molecule has 110 valence electrons. The molecule has 0 heterocycles. The van der Waals surface area contributed by atoms with Gasteiger partial charge in [-0.15, -0.1) is 0 Å². The van der Waals surface area contributed by atoms with Crippen molar-refractivity contribution >= 4 is 11.6 Å². The van der Waals surface area contributed by atoms with Gasteiger partial charge in [-0.25, -0.2) is 0 Å². The third kappa shape index (κ3) is 3.63. The van der Waals surface area contributed by atoms with Crippen molar-refractivity contribution in [3.63, 3.8) is 0 Å². The molecular weight excluding hydrogens is 256 g/mol. The predicted octanol–water partition coefficient (Wildman–Crippen LogP) is 1.70. The second kappa shape index (κ2) is 6.61. The maximum absolute atomic E-state index is 12.1. The highest BCUT2D eigenvalue weighted by Gasteiger charge is 2.21. The Balaban J connectivity index is 1.97. The molecule has 0 atom stereocenters. The Labute approximate surface area is 119 Å². The second-order valence-electron chi connectivity index (χ2n) is 5.16. The smallest absolute Gasteiger partial charge is 0.251 e. The minimum Gasteiger partial charge on any atom is -0.492 e. The van der Waals surface area contributed by atoms with Crippen LogP contribution in [0.1, 0.15) is 43.0 Å². The Bertz CT molecular complexity index is 468. The number of hydrogen-bond acceptors (Lipinski definition) is 4. The van der Waals surface area contributed by atoms with Crippen molar-refractivity contribution in [2.45, 2.75) is 44.8 Å². The zero-order valence-electron chi connectivity index (χ0n) is 11.8. The van der Waals surface area contributed by atoms with Gasteiger partial charge < -0.3 is 20.9 Å². The molecule has 5 heteroatoms. The molecule has 1 aliphatic rings. The molecule has 4 N–H and O–H groups in total. The monoisotopic (exact) mass is 278 g/mol. The normalized spacial score (nSPS) is 22.3. The van der Waals surface area contributed by atoms with E-state index in [0.29, 0.717) is 23.6 Å². The van der Waals surface area contributed by atoms with Crippen molar-refractivity contribution in [3.8, 4) is 5.75 Å². The van der Waals surface area contributed by atoms with E-state index in [9.17, 15) is 9.90 Å². The van der Waals surface area contributed by atoms with Gasteiger partial charge in [0.2, 0.25) is 0 Å². The van der Waals surface area contributed by atoms with Gasteiger partial charge >= 0.3 is 0 Å². The maximum Gasteiger partial charge on any atom is 0.251 e. The van der Waals surface area contributed by atoms with Crippen LogP contribution in [0.15, 0.2) is 18.2 Å². The van der Waals surface area contributed by atoms with Crippen molar-refractivity contribution in [3.05, 3.63) is 23.8 Å². The lowest BCUT2D eigenvalue weighted by Gasteiger charge is -2.26. The van der Waals surface area contributed by atoms with Crippen LogP contribution in [0.2, 0.25) is 0 Å². The van der Waals surface area contributed by atoms with E-state index in [1.54, 1.807) is 18.2 Å². The number of nitrogens with one attached hydrogen (secondary N) is 1. The highest BCUT2D eigenvalue weighted by molar-refractivity contribution is 5.95. The summed E-state index contributed by atoms with van der Waals surface area (Å²) in [4.78, 5) is 12.1. The van der Waals surface area contributed by atoms with Crippen molar-refractivity contribution in [2.75, 3.05) is 12.3 Å². The number of aliphatic hydroxyl groups is 1. The lowest BCUT2D eigenvalue weighted by Crippen LogP contribution is -2.38. The number of nitrogens with two attached hydrogens (primary N) is 1. The van der Waals surface area contributed by atoms with Crippen molar-refractivity contribution < 1.29 is 14.6 Å². The number of carbonyl (C=O) groups excluding carboxylic acids is 1. The summed E-state index contributed by atoms with van der Waals surface area (Å²) in [6.45, 7) is 2.43. The third-order valence-corrected chi connectivity index (χ3v) is 3.60. The molecular formula is C15H22N2O3. The fourth-order valence-electron chi connectivity index (χ4n) is 2.47. The molecule has 0 spiro atoms. The van der Waals surface area contributed by atoms with Crippen molar-refractivity contribution in [2.24, 2.45) is 0 Å². The van der Waals surface area contributed by atoms with E-state index in [0.717, 1.165) is 25.7 Å². The van der Waals surface area contributed by atoms with Crippen LogP contribution in [0.5, 0.6) is 5.75 Å². The van der Waals surface area contributed by atoms with E-state index in [1.165, 1.54) is 0 Å². The number of rotatable bonds is 4. The van der Waals surface area contributed by atoms with Gasteiger partial charge in [-0.2, -0.15) is 0 Å². The number of nitrogen functional groups attached to an aromatic ring is 1. The first kappa shape index (κ1) is 14.7. The van der Waals surface area contributed by atoms with E-state index in [-0.39, 0.29) is 18.1 Å². The van der Waals surface area contributed by atoms with E-state index in [4.69, 9.17) is 10.5 Å². The van der Waals surface area contributed by atoms with Crippen LogP contribution in [0.25, 0.3) is 0 Å². The van der Waals surface area contributed by atoms with Crippen LogP contribution in [0.4, 0.5) is 5.69 Å². The van der Waals surface area contributed by atoms with Crippen LogP contribution in [0, 0.1) is 0 Å². The number of benzene rings is 1. The number of anilines is 1. The molecule has 1 aliphatic carbocycles. The Kier molecular flexibility index (Phi) is 4.84. The van der Waals surface area contributed by atoms with Crippen LogP contribution >= 0.6 is 0 Å². The molecule has 0 unspecified atom stereocenters. The molecule has 5 nitrogen and oxygen atoms in total. The Morgan fingerprint density at radius 1 is 1.40 bits per heavy atom. The van der Waals surface area contributed by atoms with Gasteiger partial charge in [0.25, 0.3) is 5.91 Å². The summed E-state index contributed by atoms with van der Waals surface area (Å²) in [6.07, 6.45) is 2.91. The molecule has 1 aromatic rings. The van der Waals surface area contributed by atoms with E-state index >= 15 is 0 Å². The fourth-order valence-corrected chi connectivity index (χ4v) is 2.47. The average molecular weight is 278 g/mol. The lowest BCUT2D eigenvalue weighted by atomic mass is 9.93. The molecule has 0 saturated heterocycles. The van der Waals surface area contributed by atoms with Gasteiger partial charge in [0, 0.05) is 11.6 Å². The molecule has 0 aromatic heterocycles. The Morgan fingerprint density at radius 3 is 2.70 bits per heavy atom. The average Bonchev–Trinajstić information content (AvgIpc) is 2.44. The van der Waals surface area contributed by atoms with Gasteiger partial charge in [0.05, 0.1) is 18.4 Å². The highest BCUT2D eigenvalue weighted by atomic mass is 16.5. The standard InChI is InChI=1S/C15H22N2O3/c1-2-20-14-8-3-10(9-13(14)16)15(19)17-11-4-6-12(18)7-5-11/h3,8-9,11-12,18H,2,4-7,16H2,1H3,(H,17,19). The van der Waals surface area contributed by atoms with Crippen LogP contribution < -0.4 is 15.8 Å². The summed E-state index contributed by atoms with van der Waals surface area (Å²) in [6, 6.07) is 5.21. The summed E-state index contributed by atoms with van der Waals surface area (Å²) in [5.41, 5.74) is 6.87. The van der Waals surface area contributed by atoms with E-state index in [1.807, 2.05) is 6.92 Å². The molecule has 1 aromatic carbocycles. The quantitative estimate of drug-likeness (QED) is 0.732. The summed E-state index contributed by atoms with van der Waals surface area (Å²) in [7, 11) is 0. The maximum atomic E-state index is 12.1. The fraction of sp³-hybridized carbons (Fsp3) is 0.533. The number of aliphatic hydroxyl groups excluding tert-OH is 1. The minimum absolute atomic E-state index is 0.124. The summed E-state index contributed by atoms with van der Waals surface area (Å²) in [5.74, 6) is 0.478. The molecule has 1 saturated carbocycles.